The monoisotopic (exact) mass is 530 g/mol. The van der Waals surface area contributed by atoms with Crippen molar-refractivity contribution in [2.75, 3.05) is 26.8 Å². The standard InChI is InChI=1S/C29H42N2O5S/c1-5-7-8-12-18-36-28-20-25(35-4)16-17-29(28)37(33,34)31(21-23(3)13-6-2)22-27(32)26(30)19-24-14-10-9-11-15-24/h5-6,9-11,14-17,20,23,26-27,32H,1-2,7-8,12-13,18-19,21-22,30H2,3-4H3/t23?,26-,27+/m0/s1. The predicted molar refractivity (Wildman–Crippen MR) is 149 cm³/mol. The zero-order chi connectivity index (χ0) is 27.3. The quantitative estimate of drug-likeness (QED) is 0.216. The summed E-state index contributed by atoms with van der Waals surface area (Å²) in [5.74, 6) is 0.713. The third-order valence-electron chi connectivity index (χ3n) is 6.11. The zero-order valence-corrected chi connectivity index (χ0v) is 22.9. The number of benzene rings is 2. The Morgan fingerprint density at radius 2 is 1.81 bits per heavy atom. The van der Waals surface area contributed by atoms with Crippen LogP contribution >= 0.6 is 0 Å². The predicted octanol–water partition coefficient (Wildman–Crippen LogP) is 4.56. The molecule has 0 aliphatic rings. The first-order chi connectivity index (χ1) is 17.7. The van der Waals surface area contributed by atoms with Gasteiger partial charge in [-0.3, -0.25) is 0 Å². The Morgan fingerprint density at radius 1 is 1.08 bits per heavy atom. The molecule has 0 radical (unpaired) electrons. The second kappa shape index (κ2) is 15.6. The Kier molecular flexibility index (Phi) is 12.9. The molecule has 0 bridgehead atoms. The Balaban J connectivity index is 2.32. The molecule has 0 heterocycles. The minimum atomic E-state index is -4.03. The molecular weight excluding hydrogens is 488 g/mol. The molecule has 0 spiro atoms. The van der Waals surface area contributed by atoms with E-state index in [0.29, 0.717) is 25.2 Å². The van der Waals surface area contributed by atoms with Crippen molar-refractivity contribution in [3.63, 3.8) is 0 Å². The largest absolute Gasteiger partial charge is 0.497 e. The van der Waals surface area contributed by atoms with Crippen LogP contribution in [0.5, 0.6) is 11.5 Å². The average Bonchev–Trinajstić information content (AvgIpc) is 2.88. The maximum atomic E-state index is 14.0. The average molecular weight is 531 g/mol. The Hall–Kier alpha value is -2.65. The highest BCUT2D eigenvalue weighted by Crippen LogP contribution is 2.32. The first kappa shape index (κ1) is 30.6. The number of sulfonamides is 1. The third-order valence-corrected chi connectivity index (χ3v) is 7.98. The number of hydrogen-bond donors (Lipinski definition) is 2. The molecule has 3 N–H and O–H groups in total. The molecule has 0 aliphatic heterocycles. The van der Waals surface area contributed by atoms with Gasteiger partial charge in [0, 0.05) is 25.2 Å². The fourth-order valence-corrected chi connectivity index (χ4v) is 5.69. The molecule has 2 rings (SSSR count). The van der Waals surface area contributed by atoms with E-state index in [2.05, 4.69) is 13.2 Å². The van der Waals surface area contributed by atoms with Gasteiger partial charge in [0.05, 0.1) is 19.8 Å². The maximum Gasteiger partial charge on any atom is 0.246 e. The van der Waals surface area contributed by atoms with Crippen LogP contribution in [0.3, 0.4) is 0 Å². The molecule has 0 saturated heterocycles. The van der Waals surface area contributed by atoms with Crippen LogP contribution < -0.4 is 15.2 Å². The lowest BCUT2D eigenvalue weighted by Gasteiger charge is -2.30. The highest BCUT2D eigenvalue weighted by molar-refractivity contribution is 7.89. The van der Waals surface area contributed by atoms with Crippen molar-refractivity contribution in [3.8, 4) is 11.5 Å². The first-order valence-corrected chi connectivity index (χ1v) is 14.2. The van der Waals surface area contributed by atoms with Gasteiger partial charge in [0.1, 0.15) is 16.4 Å². The lowest BCUT2D eigenvalue weighted by Crippen LogP contribution is -2.47. The number of allylic oxidation sites excluding steroid dienone is 2. The molecule has 1 unspecified atom stereocenters. The Bertz CT molecular complexity index is 1070. The van der Waals surface area contributed by atoms with Crippen LogP contribution in [0.25, 0.3) is 0 Å². The summed E-state index contributed by atoms with van der Waals surface area (Å²) < 4.78 is 40.5. The summed E-state index contributed by atoms with van der Waals surface area (Å²) in [5.41, 5.74) is 7.28. The number of nitrogens with zero attached hydrogens (tertiary/aromatic N) is 1. The molecule has 7 nitrogen and oxygen atoms in total. The number of hydrogen-bond acceptors (Lipinski definition) is 6. The Morgan fingerprint density at radius 3 is 2.46 bits per heavy atom. The summed E-state index contributed by atoms with van der Waals surface area (Å²) in [4.78, 5) is 0.0339. The van der Waals surface area contributed by atoms with E-state index in [9.17, 15) is 13.5 Å². The van der Waals surface area contributed by atoms with Gasteiger partial charge in [-0.25, -0.2) is 8.42 Å². The summed E-state index contributed by atoms with van der Waals surface area (Å²) in [7, 11) is -2.51. The molecule has 0 aromatic heterocycles. The van der Waals surface area contributed by atoms with Crippen molar-refractivity contribution >= 4 is 10.0 Å². The fraction of sp³-hybridized carbons (Fsp3) is 0.448. The second-order valence-electron chi connectivity index (χ2n) is 9.32. The highest BCUT2D eigenvalue weighted by atomic mass is 32.2. The molecule has 0 aliphatic carbocycles. The van der Waals surface area contributed by atoms with Crippen LogP contribution in [0.2, 0.25) is 0 Å². The van der Waals surface area contributed by atoms with Crippen LogP contribution in [-0.4, -0.2) is 56.8 Å². The van der Waals surface area contributed by atoms with Crippen LogP contribution in [0, 0.1) is 5.92 Å². The Labute approximate surface area is 222 Å². The zero-order valence-electron chi connectivity index (χ0n) is 22.1. The number of methoxy groups -OCH3 is 1. The van der Waals surface area contributed by atoms with Crippen molar-refractivity contribution in [2.45, 2.75) is 56.1 Å². The normalized spacial score (nSPS) is 14.1. The van der Waals surface area contributed by atoms with E-state index < -0.39 is 22.2 Å². The van der Waals surface area contributed by atoms with Gasteiger partial charge >= 0.3 is 0 Å². The molecule has 0 fully saturated rings. The van der Waals surface area contributed by atoms with Gasteiger partial charge in [-0.05, 0) is 55.7 Å². The van der Waals surface area contributed by atoms with Crippen molar-refractivity contribution in [1.29, 1.82) is 0 Å². The highest BCUT2D eigenvalue weighted by Gasteiger charge is 2.32. The number of aliphatic hydroxyl groups excluding tert-OH is 1. The van der Waals surface area contributed by atoms with E-state index in [1.165, 1.54) is 17.5 Å². The van der Waals surface area contributed by atoms with E-state index in [4.69, 9.17) is 15.2 Å². The van der Waals surface area contributed by atoms with Crippen molar-refractivity contribution < 1.29 is 23.0 Å². The van der Waals surface area contributed by atoms with Crippen LogP contribution in [0.4, 0.5) is 0 Å². The number of nitrogens with two attached hydrogens (primary N) is 1. The molecule has 0 amide bonds. The molecule has 3 atom stereocenters. The van der Waals surface area contributed by atoms with Crippen LogP contribution in [0.1, 0.15) is 38.2 Å². The topological polar surface area (TPSA) is 102 Å². The molecule has 37 heavy (non-hydrogen) atoms. The molecular formula is C29H42N2O5S. The van der Waals surface area contributed by atoms with Crippen molar-refractivity contribution in [3.05, 3.63) is 79.4 Å². The van der Waals surface area contributed by atoms with E-state index in [1.807, 2.05) is 43.3 Å². The van der Waals surface area contributed by atoms with Crippen LogP contribution in [-0.2, 0) is 16.4 Å². The number of unbranched alkanes of at least 4 members (excludes halogenated alkanes) is 2. The van der Waals surface area contributed by atoms with Gasteiger partial charge in [-0.1, -0.05) is 49.4 Å². The molecule has 0 saturated carbocycles. The smallest absolute Gasteiger partial charge is 0.246 e. The van der Waals surface area contributed by atoms with Gasteiger partial charge in [0.25, 0.3) is 0 Å². The van der Waals surface area contributed by atoms with Gasteiger partial charge in [0.2, 0.25) is 10.0 Å². The minimum absolute atomic E-state index is 0.00802. The number of rotatable bonds is 18. The van der Waals surface area contributed by atoms with Gasteiger partial charge in [-0.2, -0.15) is 4.31 Å². The second-order valence-corrected chi connectivity index (χ2v) is 11.2. The van der Waals surface area contributed by atoms with E-state index in [-0.39, 0.29) is 29.7 Å². The van der Waals surface area contributed by atoms with Crippen molar-refractivity contribution in [2.24, 2.45) is 11.7 Å². The summed E-state index contributed by atoms with van der Waals surface area (Å²) in [6, 6.07) is 13.6. The fourth-order valence-electron chi connectivity index (χ4n) is 4.00. The minimum Gasteiger partial charge on any atom is -0.497 e. The first-order valence-electron chi connectivity index (χ1n) is 12.7. The molecule has 204 valence electrons. The molecule has 2 aromatic carbocycles. The summed E-state index contributed by atoms with van der Waals surface area (Å²) in [6.07, 6.45) is 6.13. The number of aliphatic hydroxyl groups is 1. The SMILES string of the molecule is C=CCCCCOc1cc(OC)ccc1S(=O)(=O)N(CC(C)CC=C)C[C@@H](O)[C@@H](N)Cc1ccccc1. The molecule has 2 aromatic rings. The van der Waals surface area contributed by atoms with Gasteiger partial charge in [0.15, 0.2) is 0 Å². The lowest BCUT2D eigenvalue weighted by molar-refractivity contribution is 0.115. The summed E-state index contributed by atoms with van der Waals surface area (Å²) >= 11 is 0. The van der Waals surface area contributed by atoms with Gasteiger partial charge in [-0.15, -0.1) is 13.2 Å². The van der Waals surface area contributed by atoms with E-state index >= 15 is 0 Å². The maximum absolute atomic E-state index is 14.0. The van der Waals surface area contributed by atoms with Crippen LogP contribution in [0.15, 0.2) is 78.7 Å². The number of ether oxygens (including phenoxy) is 2. The third kappa shape index (κ3) is 9.63. The summed E-state index contributed by atoms with van der Waals surface area (Å²) in [5, 5.41) is 11.0. The lowest BCUT2D eigenvalue weighted by atomic mass is 10.0. The molecule has 8 heteroatoms. The van der Waals surface area contributed by atoms with E-state index in [0.717, 1.165) is 24.8 Å². The van der Waals surface area contributed by atoms with Gasteiger partial charge < -0.3 is 20.3 Å². The van der Waals surface area contributed by atoms with E-state index in [1.54, 1.807) is 18.2 Å². The summed E-state index contributed by atoms with van der Waals surface area (Å²) in [6.45, 7) is 9.88. The van der Waals surface area contributed by atoms with Crippen molar-refractivity contribution in [1.82, 2.24) is 4.31 Å².